The molecule has 0 N–H and O–H groups in total. The van der Waals surface area contributed by atoms with Crippen LogP contribution in [0.5, 0.6) is 11.5 Å². The maximum atomic E-state index is 12.3. The molecule has 28 heavy (non-hydrogen) atoms. The predicted molar refractivity (Wildman–Crippen MR) is 97.1 cm³/mol. The highest BCUT2D eigenvalue weighted by molar-refractivity contribution is 5.98. The molecule has 0 saturated carbocycles. The molecule has 8 nitrogen and oxygen atoms in total. The Morgan fingerprint density at radius 2 is 1.96 bits per heavy atom. The zero-order valence-electron chi connectivity index (χ0n) is 15.7. The quantitative estimate of drug-likeness (QED) is 0.505. The molecule has 1 aromatic carbocycles. The van der Waals surface area contributed by atoms with Crippen molar-refractivity contribution >= 4 is 17.7 Å². The second-order valence-corrected chi connectivity index (χ2v) is 6.36. The van der Waals surface area contributed by atoms with E-state index in [-0.39, 0.29) is 24.7 Å². The van der Waals surface area contributed by atoms with Crippen molar-refractivity contribution in [3.63, 3.8) is 0 Å². The third kappa shape index (κ3) is 4.33. The van der Waals surface area contributed by atoms with Gasteiger partial charge in [0.05, 0.1) is 32.9 Å². The minimum Gasteiger partial charge on any atom is -0.493 e. The highest BCUT2D eigenvalue weighted by Gasteiger charge is 2.36. The van der Waals surface area contributed by atoms with Crippen LogP contribution in [0.3, 0.4) is 0 Å². The number of amides is 1. The van der Waals surface area contributed by atoms with Gasteiger partial charge in [-0.2, -0.15) is 0 Å². The number of hydrogen-bond donors (Lipinski definition) is 0. The number of benzene rings is 1. The average molecular weight is 387 g/mol. The van der Waals surface area contributed by atoms with E-state index in [2.05, 4.69) is 0 Å². The Hall–Kier alpha value is -3.29. The summed E-state index contributed by atoms with van der Waals surface area (Å²) >= 11 is 0. The number of esters is 1. The van der Waals surface area contributed by atoms with Crippen LogP contribution < -0.4 is 9.47 Å². The number of ketones is 1. The molecule has 8 heteroatoms. The molecule has 0 bridgehead atoms. The van der Waals surface area contributed by atoms with Crippen molar-refractivity contribution in [2.24, 2.45) is 5.92 Å². The first-order chi connectivity index (χ1) is 13.5. The van der Waals surface area contributed by atoms with Crippen molar-refractivity contribution in [2.45, 2.75) is 13.0 Å². The number of rotatable bonds is 8. The second kappa shape index (κ2) is 8.60. The second-order valence-electron chi connectivity index (χ2n) is 6.36. The molecular formula is C20H21NO7. The summed E-state index contributed by atoms with van der Waals surface area (Å²) in [7, 11) is 2.97. The highest BCUT2D eigenvalue weighted by Crippen LogP contribution is 2.28. The lowest BCUT2D eigenvalue weighted by Gasteiger charge is -2.14. The summed E-state index contributed by atoms with van der Waals surface area (Å²) in [6, 6.07) is 8.21. The molecule has 0 aliphatic carbocycles. The number of carbonyl (C=O) groups excluding carboxylic acids is 3. The molecular weight excluding hydrogens is 366 g/mol. The Morgan fingerprint density at radius 3 is 2.64 bits per heavy atom. The third-order valence-corrected chi connectivity index (χ3v) is 4.53. The van der Waals surface area contributed by atoms with E-state index in [0.717, 1.165) is 0 Å². The minimum atomic E-state index is -0.597. The van der Waals surface area contributed by atoms with Crippen molar-refractivity contribution in [3.05, 3.63) is 47.9 Å². The SMILES string of the molecule is COc1ccc(C(=O)COC(=O)[C@@H]2CC(=O)N(Cc3ccco3)C2)cc1OC. The number of ether oxygens (including phenoxy) is 3. The fourth-order valence-electron chi connectivity index (χ4n) is 3.02. The van der Waals surface area contributed by atoms with Gasteiger partial charge in [0.15, 0.2) is 23.9 Å². The zero-order valence-corrected chi connectivity index (χ0v) is 15.7. The summed E-state index contributed by atoms with van der Waals surface area (Å²) in [5, 5.41) is 0. The largest absolute Gasteiger partial charge is 0.493 e. The third-order valence-electron chi connectivity index (χ3n) is 4.53. The lowest BCUT2D eigenvalue weighted by Crippen LogP contribution is -2.27. The first kappa shape index (κ1) is 19.5. The van der Waals surface area contributed by atoms with E-state index in [1.807, 2.05) is 0 Å². The number of hydrogen-bond acceptors (Lipinski definition) is 7. The van der Waals surface area contributed by atoms with Crippen LogP contribution in [0.15, 0.2) is 41.0 Å². The van der Waals surface area contributed by atoms with Gasteiger partial charge in [0.2, 0.25) is 5.91 Å². The summed E-state index contributed by atoms with van der Waals surface area (Å²) in [6.45, 7) is 0.139. The monoisotopic (exact) mass is 387 g/mol. The molecule has 0 unspecified atom stereocenters. The van der Waals surface area contributed by atoms with Gasteiger partial charge in [-0.25, -0.2) is 0 Å². The molecule has 1 aliphatic heterocycles. The summed E-state index contributed by atoms with van der Waals surface area (Å²) in [6.07, 6.45) is 1.59. The van der Waals surface area contributed by atoms with Gasteiger partial charge in [-0.1, -0.05) is 0 Å². The van der Waals surface area contributed by atoms with Gasteiger partial charge in [0.25, 0.3) is 0 Å². The van der Waals surface area contributed by atoms with E-state index >= 15 is 0 Å². The van der Waals surface area contributed by atoms with Gasteiger partial charge in [0, 0.05) is 18.5 Å². The molecule has 1 aliphatic rings. The first-order valence-corrected chi connectivity index (χ1v) is 8.74. The maximum absolute atomic E-state index is 12.3. The highest BCUT2D eigenvalue weighted by atomic mass is 16.5. The van der Waals surface area contributed by atoms with E-state index in [0.29, 0.717) is 29.4 Å². The van der Waals surface area contributed by atoms with E-state index in [4.69, 9.17) is 18.6 Å². The molecule has 1 atom stereocenters. The van der Waals surface area contributed by atoms with Gasteiger partial charge in [0.1, 0.15) is 5.76 Å². The number of Topliss-reactive ketones (excluding diaryl/α,β-unsaturated/α-hetero) is 1. The first-order valence-electron chi connectivity index (χ1n) is 8.74. The standard InChI is InChI=1S/C20H21NO7/c1-25-17-6-5-13(8-18(17)26-2)16(22)12-28-20(24)14-9-19(23)21(10-14)11-15-4-3-7-27-15/h3-8,14H,9-12H2,1-2H3/t14-/m1/s1. The van der Waals surface area contributed by atoms with E-state index in [1.165, 1.54) is 26.5 Å². The molecule has 2 aromatic rings. The lowest BCUT2D eigenvalue weighted by molar-refractivity contribution is -0.147. The molecule has 2 heterocycles. The van der Waals surface area contributed by atoms with Gasteiger partial charge in [-0.15, -0.1) is 0 Å². The van der Waals surface area contributed by atoms with E-state index in [1.54, 1.807) is 29.2 Å². The van der Waals surface area contributed by atoms with Crippen molar-refractivity contribution in [1.29, 1.82) is 0 Å². The van der Waals surface area contributed by atoms with Crippen molar-refractivity contribution in [1.82, 2.24) is 4.90 Å². The number of likely N-dealkylation sites (tertiary alicyclic amines) is 1. The van der Waals surface area contributed by atoms with Crippen LogP contribution in [0.1, 0.15) is 22.5 Å². The molecule has 1 amide bonds. The van der Waals surface area contributed by atoms with Crippen LogP contribution in [-0.4, -0.2) is 49.9 Å². The Kier molecular flexibility index (Phi) is 5.98. The molecule has 1 fully saturated rings. The number of carbonyl (C=O) groups is 3. The topological polar surface area (TPSA) is 95.3 Å². The van der Waals surface area contributed by atoms with Crippen LogP contribution in [0.25, 0.3) is 0 Å². The average Bonchev–Trinajstić information content (AvgIpc) is 3.35. The van der Waals surface area contributed by atoms with Gasteiger partial charge >= 0.3 is 5.97 Å². The predicted octanol–water partition coefficient (Wildman–Crippen LogP) is 2.07. The summed E-state index contributed by atoms with van der Waals surface area (Å²) in [5.74, 6) is -0.127. The van der Waals surface area contributed by atoms with Gasteiger partial charge in [-0.3, -0.25) is 14.4 Å². The van der Waals surface area contributed by atoms with Crippen LogP contribution in [0.4, 0.5) is 0 Å². The summed E-state index contributed by atoms with van der Waals surface area (Å²) in [4.78, 5) is 38.2. The summed E-state index contributed by atoms with van der Waals surface area (Å²) in [5.41, 5.74) is 0.340. The fraction of sp³-hybridized carbons (Fsp3) is 0.350. The molecule has 3 rings (SSSR count). The van der Waals surface area contributed by atoms with Gasteiger partial charge in [-0.05, 0) is 30.3 Å². The smallest absolute Gasteiger partial charge is 0.311 e. The Labute approximate surface area is 162 Å². The molecule has 0 spiro atoms. The molecule has 1 saturated heterocycles. The number of methoxy groups -OCH3 is 2. The normalized spacial score (nSPS) is 16.1. The molecule has 0 radical (unpaired) electrons. The Bertz CT molecular complexity index is 859. The van der Waals surface area contributed by atoms with E-state index in [9.17, 15) is 14.4 Å². The van der Waals surface area contributed by atoms with E-state index < -0.39 is 18.5 Å². The van der Waals surface area contributed by atoms with Crippen LogP contribution >= 0.6 is 0 Å². The lowest BCUT2D eigenvalue weighted by atomic mass is 10.1. The van der Waals surface area contributed by atoms with Crippen molar-refractivity contribution in [2.75, 3.05) is 27.4 Å². The Morgan fingerprint density at radius 1 is 1.18 bits per heavy atom. The zero-order chi connectivity index (χ0) is 20.1. The van der Waals surface area contributed by atoms with Crippen molar-refractivity contribution in [3.8, 4) is 11.5 Å². The molecule has 1 aromatic heterocycles. The van der Waals surface area contributed by atoms with Crippen LogP contribution in [0, 0.1) is 5.92 Å². The van der Waals surface area contributed by atoms with Crippen LogP contribution in [-0.2, 0) is 20.9 Å². The molecule has 148 valence electrons. The summed E-state index contributed by atoms with van der Waals surface area (Å²) < 4.78 is 20.7. The maximum Gasteiger partial charge on any atom is 0.311 e. The fourth-order valence-corrected chi connectivity index (χ4v) is 3.02. The number of nitrogens with zero attached hydrogens (tertiary/aromatic N) is 1. The minimum absolute atomic E-state index is 0.0596. The van der Waals surface area contributed by atoms with Gasteiger partial charge < -0.3 is 23.5 Å². The number of furan rings is 1. The Balaban J connectivity index is 1.54. The van der Waals surface area contributed by atoms with Crippen LogP contribution in [0.2, 0.25) is 0 Å². The van der Waals surface area contributed by atoms with Crippen molar-refractivity contribution < 1.29 is 33.0 Å².